The molecule has 0 unspecified atom stereocenters. The second-order valence-corrected chi connectivity index (χ2v) is 2.56. The second kappa shape index (κ2) is 5.48. The minimum absolute atomic E-state index is 0.684. The Bertz CT molecular complexity index is 252. The van der Waals surface area contributed by atoms with Crippen LogP contribution in [-0.2, 0) is 11.2 Å². The van der Waals surface area contributed by atoms with Crippen molar-refractivity contribution >= 4 is 5.82 Å². The highest BCUT2D eigenvalue weighted by Gasteiger charge is 1.97. The van der Waals surface area contributed by atoms with Crippen LogP contribution >= 0.6 is 0 Å². The summed E-state index contributed by atoms with van der Waals surface area (Å²) in [6.45, 7) is 3.40. The van der Waals surface area contributed by atoms with Crippen molar-refractivity contribution in [2.24, 2.45) is 0 Å². The lowest BCUT2D eigenvalue weighted by Gasteiger charge is -2.02. The van der Waals surface area contributed by atoms with Crippen LogP contribution in [0.4, 0.5) is 5.82 Å². The molecule has 4 heteroatoms. The Kier molecular flexibility index (Phi) is 4.18. The van der Waals surface area contributed by atoms with Gasteiger partial charge in [0.05, 0.1) is 6.61 Å². The number of nitrogens with zero attached hydrogens (tertiary/aromatic N) is 2. The molecule has 0 atom stereocenters. The third-order valence-electron chi connectivity index (χ3n) is 1.64. The molecule has 0 spiro atoms. The summed E-state index contributed by atoms with van der Waals surface area (Å²) in [5.41, 5.74) is 0. The molecule has 0 bridgehead atoms. The van der Waals surface area contributed by atoms with Crippen LogP contribution in [0.2, 0.25) is 0 Å². The topological polar surface area (TPSA) is 47.0 Å². The lowest BCUT2D eigenvalue weighted by molar-refractivity contribution is 0.149. The Balaban J connectivity index is 2.46. The molecule has 1 aromatic heterocycles. The zero-order chi connectivity index (χ0) is 9.52. The third-order valence-corrected chi connectivity index (χ3v) is 1.64. The number of aromatic nitrogens is 2. The smallest absolute Gasteiger partial charge is 0.132 e. The van der Waals surface area contributed by atoms with E-state index in [1.165, 1.54) is 0 Å². The standard InChI is InChI=1S/C9H15N3O/c1-3-13-7-5-9-11-6-4-8(10-2)12-9/h4,6H,3,5,7H2,1-2H3,(H,10,11,12). The molecular weight excluding hydrogens is 166 g/mol. The highest BCUT2D eigenvalue weighted by molar-refractivity contribution is 5.31. The number of hydrogen-bond donors (Lipinski definition) is 1. The highest BCUT2D eigenvalue weighted by atomic mass is 16.5. The predicted octanol–water partition coefficient (Wildman–Crippen LogP) is 1.10. The summed E-state index contributed by atoms with van der Waals surface area (Å²) in [4.78, 5) is 8.39. The molecule has 1 aromatic rings. The molecular formula is C9H15N3O. The Hall–Kier alpha value is -1.16. The van der Waals surface area contributed by atoms with Crippen LogP contribution in [-0.4, -0.2) is 30.2 Å². The van der Waals surface area contributed by atoms with Gasteiger partial charge in [0.1, 0.15) is 11.6 Å². The van der Waals surface area contributed by atoms with Crippen LogP contribution < -0.4 is 5.32 Å². The molecule has 0 amide bonds. The molecule has 0 aliphatic rings. The monoisotopic (exact) mass is 181 g/mol. The van der Waals surface area contributed by atoms with E-state index >= 15 is 0 Å². The number of anilines is 1. The SMILES string of the molecule is CCOCCc1nccc(NC)n1. The van der Waals surface area contributed by atoms with E-state index in [1.54, 1.807) is 6.20 Å². The van der Waals surface area contributed by atoms with Gasteiger partial charge in [-0.1, -0.05) is 0 Å². The van der Waals surface area contributed by atoms with E-state index in [-0.39, 0.29) is 0 Å². The van der Waals surface area contributed by atoms with Crippen molar-refractivity contribution in [1.29, 1.82) is 0 Å². The van der Waals surface area contributed by atoms with Crippen molar-refractivity contribution in [3.63, 3.8) is 0 Å². The van der Waals surface area contributed by atoms with Gasteiger partial charge in [-0.15, -0.1) is 0 Å². The summed E-state index contributed by atoms with van der Waals surface area (Å²) in [5, 5.41) is 2.97. The molecule has 0 aromatic carbocycles. The van der Waals surface area contributed by atoms with Gasteiger partial charge in [-0.3, -0.25) is 0 Å². The Morgan fingerprint density at radius 2 is 2.38 bits per heavy atom. The van der Waals surface area contributed by atoms with Crippen molar-refractivity contribution in [2.75, 3.05) is 25.6 Å². The lowest BCUT2D eigenvalue weighted by Crippen LogP contribution is -2.04. The zero-order valence-electron chi connectivity index (χ0n) is 8.08. The quantitative estimate of drug-likeness (QED) is 0.691. The first-order valence-electron chi connectivity index (χ1n) is 4.44. The van der Waals surface area contributed by atoms with Crippen molar-refractivity contribution in [3.05, 3.63) is 18.1 Å². The van der Waals surface area contributed by atoms with Gasteiger partial charge in [-0.25, -0.2) is 9.97 Å². The molecule has 0 saturated carbocycles. The van der Waals surface area contributed by atoms with E-state index < -0.39 is 0 Å². The first-order valence-corrected chi connectivity index (χ1v) is 4.44. The number of rotatable bonds is 5. The molecule has 1 N–H and O–H groups in total. The minimum Gasteiger partial charge on any atom is -0.381 e. The Labute approximate surface area is 78.4 Å². The molecule has 0 aliphatic heterocycles. The maximum Gasteiger partial charge on any atom is 0.132 e. The van der Waals surface area contributed by atoms with Crippen LogP contribution in [0.15, 0.2) is 12.3 Å². The summed E-state index contributed by atoms with van der Waals surface area (Å²) in [6, 6.07) is 1.84. The molecule has 1 rings (SSSR count). The van der Waals surface area contributed by atoms with Gasteiger partial charge in [-0.2, -0.15) is 0 Å². The summed E-state index contributed by atoms with van der Waals surface area (Å²) in [5.74, 6) is 1.67. The Morgan fingerprint density at radius 1 is 1.54 bits per heavy atom. The molecule has 1 heterocycles. The molecule has 0 saturated heterocycles. The van der Waals surface area contributed by atoms with Crippen molar-refractivity contribution in [2.45, 2.75) is 13.3 Å². The van der Waals surface area contributed by atoms with E-state index in [4.69, 9.17) is 4.74 Å². The first kappa shape index (κ1) is 9.92. The minimum atomic E-state index is 0.684. The molecule has 4 nitrogen and oxygen atoms in total. The van der Waals surface area contributed by atoms with E-state index in [1.807, 2.05) is 20.0 Å². The van der Waals surface area contributed by atoms with Gasteiger partial charge >= 0.3 is 0 Å². The van der Waals surface area contributed by atoms with Crippen LogP contribution in [0.1, 0.15) is 12.7 Å². The van der Waals surface area contributed by atoms with Crippen LogP contribution in [0.5, 0.6) is 0 Å². The van der Waals surface area contributed by atoms with Gasteiger partial charge in [0.15, 0.2) is 0 Å². The second-order valence-electron chi connectivity index (χ2n) is 2.56. The fourth-order valence-corrected chi connectivity index (χ4v) is 0.967. The average molecular weight is 181 g/mol. The fourth-order valence-electron chi connectivity index (χ4n) is 0.967. The largest absolute Gasteiger partial charge is 0.381 e. The third kappa shape index (κ3) is 3.38. The summed E-state index contributed by atoms with van der Waals surface area (Å²) in [7, 11) is 1.84. The average Bonchev–Trinajstić information content (AvgIpc) is 2.19. The molecule has 0 radical (unpaired) electrons. The molecule has 0 fully saturated rings. The molecule has 72 valence electrons. The van der Waals surface area contributed by atoms with Gasteiger partial charge < -0.3 is 10.1 Å². The van der Waals surface area contributed by atoms with Gasteiger partial charge in [0.2, 0.25) is 0 Å². The lowest BCUT2D eigenvalue weighted by atomic mass is 10.4. The van der Waals surface area contributed by atoms with Gasteiger partial charge in [0, 0.05) is 26.3 Å². The van der Waals surface area contributed by atoms with E-state index in [2.05, 4.69) is 15.3 Å². The van der Waals surface area contributed by atoms with Crippen molar-refractivity contribution in [1.82, 2.24) is 9.97 Å². The zero-order valence-corrected chi connectivity index (χ0v) is 8.08. The van der Waals surface area contributed by atoms with Gasteiger partial charge in [0.25, 0.3) is 0 Å². The van der Waals surface area contributed by atoms with Gasteiger partial charge in [-0.05, 0) is 13.0 Å². The number of nitrogens with one attached hydrogen (secondary N) is 1. The fraction of sp³-hybridized carbons (Fsp3) is 0.556. The highest BCUT2D eigenvalue weighted by Crippen LogP contribution is 2.00. The maximum absolute atomic E-state index is 5.21. The Morgan fingerprint density at radius 3 is 3.08 bits per heavy atom. The molecule has 0 aliphatic carbocycles. The number of hydrogen-bond acceptors (Lipinski definition) is 4. The normalized spacial score (nSPS) is 10.0. The molecule has 13 heavy (non-hydrogen) atoms. The van der Waals surface area contributed by atoms with Crippen LogP contribution in [0.3, 0.4) is 0 Å². The summed E-state index contributed by atoms with van der Waals surface area (Å²) < 4.78 is 5.21. The van der Waals surface area contributed by atoms with Crippen LogP contribution in [0, 0.1) is 0 Å². The predicted molar refractivity (Wildman–Crippen MR) is 51.8 cm³/mol. The summed E-state index contributed by atoms with van der Waals surface area (Å²) >= 11 is 0. The number of ether oxygens (including phenoxy) is 1. The van der Waals surface area contributed by atoms with E-state index in [0.29, 0.717) is 6.61 Å². The van der Waals surface area contributed by atoms with E-state index in [0.717, 1.165) is 24.7 Å². The first-order chi connectivity index (χ1) is 6.36. The summed E-state index contributed by atoms with van der Waals surface area (Å²) in [6.07, 6.45) is 2.52. The maximum atomic E-state index is 5.21. The van der Waals surface area contributed by atoms with Crippen LogP contribution in [0.25, 0.3) is 0 Å². The van der Waals surface area contributed by atoms with E-state index in [9.17, 15) is 0 Å². The van der Waals surface area contributed by atoms with Crippen molar-refractivity contribution < 1.29 is 4.74 Å². The van der Waals surface area contributed by atoms with Crippen molar-refractivity contribution in [3.8, 4) is 0 Å².